The van der Waals surface area contributed by atoms with Crippen LogP contribution in [0.2, 0.25) is 0 Å². The van der Waals surface area contributed by atoms with Crippen LogP contribution >= 0.6 is 11.3 Å². The molecule has 1 aliphatic heterocycles. The van der Waals surface area contributed by atoms with Gasteiger partial charge in [-0.3, -0.25) is 4.79 Å². The molecule has 0 aliphatic carbocycles. The zero-order valence-electron chi connectivity index (χ0n) is 10.5. The maximum atomic E-state index is 12.3. The largest absolute Gasteiger partial charge is 0.370 e. The van der Waals surface area contributed by atoms with Crippen molar-refractivity contribution in [1.29, 1.82) is 0 Å². The summed E-state index contributed by atoms with van der Waals surface area (Å²) in [5, 5.41) is 1.93. The molecule has 4 heteroatoms. The van der Waals surface area contributed by atoms with Crippen molar-refractivity contribution in [3.05, 3.63) is 58.3 Å². The number of hydrogen-bond donors (Lipinski definition) is 0. The Morgan fingerprint density at radius 1 is 1.21 bits per heavy atom. The molecular weight excluding hydrogens is 258 g/mol. The van der Waals surface area contributed by atoms with Gasteiger partial charge >= 0.3 is 0 Å². The second-order valence-corrected chi connectivity index (χ2v) is 5.45. The van der Waals surface area contributed by atoms with Gasteiger partial charge in [0.15, 0.2) is 0 Å². The standard InChI is InChI=1S/C15H15NO2S/c17-15(14-7-4-10-19-14)16-8-9-18-13(11-16)12-5-2-1-3-6-12/h1-7,10,13H,8-9,11H2/t13-/m0/s1. The van der Waals surface area contributed by atoms with E-state index >= 15 is 0 Å². The van der Waals surface area contributed by atoms with Crippen molar-refractivity contribution in [2.45, 2.75) is 6.10 Å². The number of nitrogens with zero attached hydrogens (tertiary/aromatic N) is 1. The highest BCUT2D eigenvalue weighted by atomic mass is 32.1. The lowest BCUT2D eigenvalue weighted by Gasteiger charge is -2.33. The molecule has 1 aromatic heterocycles. The van der Waals surface area contributed by atoms with Crippen LogP contribution in [0.4, 0.5) is 0 Å². The molecule has 2 heterocycles. The van der Waals surface area contributed by atoms with Gasteiger partial charge < -0.3 is 9.64 Å². The van der Waals surface area contributed by atoms with Crippen molar-refractivity contribution in [1.82, 2.24) is 4.90 Å². The molecule has 0 spiro atoms. The monoisotopic (exact) mass is 273 g/mol. The van der Waals surface area contributed by atoms with E-state index in [1.807, 2.05) is 52.7 Å². The fourth-order valence-corrected chi connectivity index (χ4v) is 2.95. The Morgan fingerprint density at radius 3 is 2.79 bits per heavy atom. The average molecular weight is 273 g/mol. The van der Waals surface area contributed by atoms with Gasteiger partial charge in [0, 0.05) is 6.54 Å². The van der Waals surface area contributed by atoms with Gasteiger partial charge in [-0.1, -0.05) is 36.4 Å². The van der Waals surface area contributed by atoms with E-state index in [0.717, 1.165) is 10.4 Å². The Balaban J connectivity index is 1.73. The van der Waals surface area contributed by atoms with Crippen molar-refractivity contribution in [3.63, 3.8) is 0 Å². The predicted molar refractivity (Wildman–Crippen MR) is 75.4 cm³/mol. The van der Waals surface area contributed by atoms with Crippen LogP contribution in [0.3, 0.4) is 0 Å². The Hall–Kier alpha value is -1.65. The maximum absolute atomic E-state index is 12.3. The summed E-state index contributed by atoms with van der Waals surface area (Å²) >= 11 is 1.49. The van der Waals surface area contributed by atoms with Crippen LogP contribution in [0.15, 0.2) is 47.8 Å². The van der Waals surface area contributed by atoms with Crippen LogP contribution in [-0.2, 0) is 4.74 Å². The molecule has 3 nitrogen and oxygen atoms in total. The van der Waals surface area contributed by atoms with Gasteiger partial charge in [-0.05, 0) is 17.0 Å². The van der Waals surface area contributed by atoms with Crippen LogP contribution < -0.4 is 0 Å². The number of hydrogen-bond acceptors (Lipinski definition) is 3. The smallest absolute Gasteiger partial charge is 0.264 e. The summed E-state index contributed by atoms with van der Waals surface area (Å²) < 4.78 is 5.77. The average Bonchev–Trinajstić information content (AvgIpc) is 3.02. The van der Waals surface area contributed by atoms with Crippen LogP contribution in [-0.4, -0.2) is 30.5 Å². The molecule has 1 saturated heterocycles. The summed E-state index contributed by atoms with van der Waals surface area (Å²) in [6.45, 7) is 1.89. The highest BCUT2D eigenvalue weighted by Crippen LogP contribution is 2.23. The highest BCUT2D eigenvalue weighted by Gasteiger charge is 2.26. The number of benzene rings is 1. The molecule has 19 heavy (non-hydrogen) atoms. The molecule has 1 fully saturated rings. The molecule has 3 rings (SSSR count). The molecule has 98 valence electrons. The zero-order valence-corrected chi connectivity index (χ0v) is 11.3. The number of morpholine rings is 1. The van der Waals surface area contributed by atoms with E-state index in [9.17, 15) is 4.79 Å². The normalized spacial score (nSPS) is 19.4. The van der Waals surface area contributed by atoms with E-state index in [1.54, 1.807) is 0 Å². The predicted octanol–water partition coefficient (Wildman–Crippen LogP) is 2.96. The van der Waals surface area contributed by atoms with Gasteiger partial charge in [-0.25, -0.2) is 0 Å². The van der Waals surface area contributed by atoms with Crippen molar-refractivity contribution < 1.29 is 9.53 Å². The van der Waals surface area contributed by atoms with Gasteiger partial charge in [0.2, 0.25) is 0 Å². The topological polar surface area (TPSA) is 29.5 Å². The van der Waals surface area contributed by atoms with E-state index in [-0.39, 0.29) is 12.0 Å². The first kappa shape index (κ1) is 12.4. The SMILES string of the molecule is O=C(c1cccs1)N1CCO[C@H](c2ccccc2)C1. The molecular formula is C15H15NO2S. The Kier molecular flexibility index (Phi) is 3.62. The summed E-state index contributed by atoms with van der Waals surface area (Å²) in [5.74, 6) is 0.110. The zero-order chi connectivity index (χ0) is 13.1. The highest BCUT2D eigenvalue weighted by molar-refractivity contribution is 7.12. The van der Waals surface area contributed by atoms with Crippen molar-refractivity contribution in [2.75, 3.05) is 19.7 Å². The van der Waals surface area contributed by atoms with Gasteiger partial charge in [0.25, 0.3) is 5.91 Å². The van der Waals surface area contributed by atoms with Crippen LogP contribution in [0.1, 0.15) is 21.3 Å². The fraction of sp³-hybridized carbons (Fsp3) is 0.267. The lowest BCUT2D eigenvalue weighted by Crippen LogP contribution is -2.42. The first-order chi connectivity index (χ1) is 9.34. The second-order valence-electron chi connectivity index (χ2n) is 4.50. The maximum Gasteiger partial charge on any atom is 0.264 e. The van der Waals surface area contributed by atoms with Gasteiger partial charge in [0.1, 0.15) is 6.10 Å². The summed E-state index contributed by atoms with van der Waals surface area (Å²) in [7, 11) is 0. The quantitative estimate of drug-likeness (QED) is 0.842. The third kappa shape index (κ3) is 2.69. The van der Waals surface area contributed by atoms with Gasteiger partial charge in [-0.2, -0.15) is 0 Å². The van der Waals surface area contributed by atoms with E-state index in [4.69, 9.17) is 4.74 Å². The third-order valence-electron chi connectivity index (χ3n) is 3.26. The van der Waals surface area contributed by atoms with E-state index < -0.39 is 0 Å². The summed E-state index contributed by atoms with van der Waals surface area (Å²) in [5.41, 5.74) is 1.13. The lowest BCUT2D eigenvalue weighted by atomic mass is 10.1. The van der Waals surface area contributed by atoms with Crippen molar-refractivity contribution in [3.8, 4) is 0 Å². The molecule has 1 atom stereocenters. The number of thiophene rings is 1. The lowest BCUT2D eigenvalue weighted by molar-refractivity contribution is -0.0226. The minimum absolute atomic E-state index is 0.0149. The van der Waals surface area contributed by atoms with E-state index in [0.29, 0.717) is 19.7 Å². The van der Waals surface area contributed by atoms with E-state index in [1.165, 1.54) is 11.3 Å². The van der Waals surface area contributed by atoms with Crippen molar-refractivity contribution in [2.24, 2.45) is 0 Å². The van der Waals surface area contributed by atoms with Gasteiger partial charge in [-0.15, -0.1) is 11.3 Å². The first-order valence-electron chi connectivity index (χ1n) is 6.34. The summed E-state index contributed by atoms with van der Waals surface area (Å²) in [6.07, 6.45) is -0.0149. The molecule has 2 aromatic rings. The Bertz CT molecular complexity index is 539. The molecule has 1 aromatic carbocycles. The second kappa shape index (κ2) is 5.55. The number of amides is 1. The molecule has 0 unspecified atom stereocenters. The molecule has 0 saturated carbocycles. The number of rotatable bonds is 2. The minimum atomic E-state index is -0.0149. The number of ether oxygens (including phenoxy) is 1. The molecule has 0 radical (unpaired) electrons. The molecule has 1 amide bonds. The number of carbonyl (C=O) groups excluding carboxylic acids is 1. The van der Waals surface area contributed by atoms with E-state index in [2.05, 4.69) is 0 Å². The fourth-order valence-electron chi connectivity index (χ4n) is 2.26. The molecule has 0 bridgehead atoms. The Labute approximate surface area is 116 Å². The van der Waals surface area contributed by atoms with Crippen LogP contribution in [0.5, 0.6) is 0 Å². The third-order valence-corrected chi connectivity index (χ3v) is 4.11. The molecule has 0 N–H and O–H groups in total. The van der Waals surface area contributed by atoms with Crippen molar-refractivity contribution >= 4 is 17.2 Å². The first-order valence-corrected chi connectivity index (χ1v) is 7.22. The Morgan fingerprint density at radius 2 is 2.05 bits per heavy atom. The summed E-state index contributed by atoms with van der Waals surface area (Å²) in [4.78, 5) is 15.0. The minimum Gasteiger partial charge on any atom is -0.370 e. The summed E-state index contributed by atoms with van der Waals surface area (Å²) in [6, 6.07) is 13.9. The van der Waals surface area contributed by atoms with Crippen LogP contribution in [0, 0.1) is 0 Å². The van der Waals surface area contributed by atoms with Crippen LogP contribution in [0.25, 0.3) is 0 Å². The number of carbonyl (C=O) groups is 1. The van der Waals surface area contributed by atoms with Gasteiger partial charge in [0.05, 0.1) is 18.0 Å². The molecule has 1 aliphatic rings.